The van der Waals surface area contributed by atoms with Crippen molar-refractivity contribution in [1.29, 1.82) is 0 Å². The third-order valence-corrected chi connectivity index (χ3v) is 8.02. The van der Waals surface area contributed by atoms with Gasteiger partial charge in [0.2, 0.25) is 0 Å². The van der Waals surface area contributed by atoms with Crippen LogP contribution in [0.5, 0.6) is 11.5 Å². The molecule has 1 aliphatic carbocycles. The summed E-state index contributed by atoms with van der Waals surface area (Å²) in [6.45, 7) is 8.11. The van der Waals surface area contributed by atoms with E-state index in [0.717, 1.165) is 65.4 Å². The van der Waals surface area contributed by atoms with Gasteiger partial charge in [0.15, 0.2) is 11.5 Å². The Balaban J connectivity index is 1.26. The van der Waals surface area contributed by atoms with E-state index in [1.807, 2.05) is 43.3 Å². The lowest BCUT2D eigenvalue weighted by atomic mass is 10.1. The lowest BCUT2D eigenvalue weighted by molar-refractivity contribution is -0.144. The second-order valence-electron chi connectivity index (χ2n) is 10.4. The molecule has 1 saturated carbocycles. The Morgan fingerprint density at radius 1 is 1.02 bits per heavy atom. The van der Waals surface area contributed by atoms with Crippen molar-refractivity contribution < 1.29 is 19.0 Å². The first-order valence-corrected chi connectivity index (χ1v) is 15.0. The Morgan fingerprint density at radius 3 is 2.58 bits per heavy atom. The van der Waals surface area contributed by atoms with E-state index in [1.54, 1.807) is 6.33 Å². The van der Waals surface area contributed by atoms with Gasteiger partial charge >= 0.3 is 5.97 Å². The third-order valence-electron chi connectivity index (χ3n) is 7.53. The lowest BCUT2D eigenvalue weighted by Crippen LogP contribution is -2.49. The van der Waals surface area contributed by atoms with Crippen LogP contribution in [-0.2, 0) is 9.53 Å². The van der Waals surface area contributed by atoms with Crippen molar-refractivity contribution in [1.82, 2.24) is 19.8 Å². The second-order valence-corrected chi connectivity index (χ2v) is 11.3. The number of carbonyl (C=O) groups excluding carboxylic acids is 1. The van der Waals surface area contributed by atoms with Gasteiger partial charge in [-0.05, 0) is 49.9 Å². The van der Waals surface area contributed by atoms with Crippen LogP contribution in [0.25, 0.3) is 10.9 Å². The first-order valence-electron chi connectivity index (χ1n) is 14.2. The number of nitrogens with one attached hydrogen (secondary N) is 1. The average Bonchev–Trinajstić information content (AvgIpc) is 3.47. The van der Waals surface area contributed by atoms with Crippen molar-refractivity contribution in [3.63, 3.8) is 0 Å². The number of benzene rings is 2. The number of rotatable bonds is 12. The number of hydrogen-bond acceptors (Lipinski definition) is 9. The summed E-state index contributed by atoms with van der Waals surface area (Å²) in [6.07, 6.45) is 6.55. The Morgan fingerprint density at radius 2 is 1.80 bits per heavy atom. The monoisotopic (exact) mass is 611 g/mol. The minimum absolute atomic E-state index is 0.153. The van der Waals surface area contributed by atoms with Crippen molar-refractivity contribution in [2.45, 2.75) is 32.6 Å². The van der Waals surface area contributed by atoms with Crippen LogP contribution in [-0.4, -0.2) is 84.8 Å². The highest BCUT2D eigenvalue weighted by molar-refractivity contribution is 9.10. The summed E-state index contributed by atoms with van der Waals surface area (Å²) < 4.78 is 18.8. The number of piperazine rings is 1. The van der Waals surface area contributed by atoms with Gasteiger partial charge in [0.25, 0.3) is 0 Å². The van der Waals surface area contributed by atoms with Crippen molar-refractivity contribution in [2.75, 3.05) is 64.4 Å². The number of anilines is 2. The van der Waals surface area contributed by atoms with E-state index in [-0.39, 0.29) is 5.97 Å². The number of aromatic nitrogens is 2. The molecule has 214 valence electrons. The molecular weight excluding hydrogens is 574 g/mol. The quantitative estimate of drug-likeness (QED) is 0.275. The van der Waals surface area contributed by atoms with E-state index >= 15 is 0 Å². The van der Waals surface area contributed by atoms with Gasteiger partial charge in [-0.15, -0.1) is 0 Å². The van der Waals surface area contributed by atoms with E-state index in [0.29, 0.717) is 38.0 Å². The van der Waals surface area contributed by atoms with Crippen LogP contribution in [0.15, 0.2) is 47.2 Å². The predicted octanol–water partition coefficient (Wildman–Crippen LogP) is 5.26. The zero-order chi connectivity index (χ0) is 27.7. The van der Waals surface area contributed by atoms with Crippen LogP contribution in [0.4, 0.5) is 11.5 Å². The summed E-state index contributed by atoms with van der Waals surface area (Å²) in [5.74, 6) is 2.59. The summed E-state index contributed by atoms with van der Waals surface area (Å²) in [5.41, 5.74) is 1.73. The van der Waals surface area contributed by atoms with Crippen LogP contribution in [0.1, 0.15) is 32.6 Å². The number of halogens is 1. The Kier molecular flexibility index (Phi) is 10.1. The maximum atomic E-state index is 11.8. The van der Waals surface area contributed by atoms with Gasteiger partial charge in [0.1, 0.15) is 18.8 Å². The molecular formula is C30H38BrN5O4. The molecule has 40 heavy (non-hydrogen) atoms. The van der Waals surface area contributed by atoms with E-state index in [9.17, 15) is 4.79 Å². The minimum atomic E-state index is -0.153. The van der Waals surface area contributed by atoms with Crippen LogP contribution in [0, 0.1) is 5.92 Å². The predicted molar refractivity (Wildman–Crippen MR) is 159 cm³/mol. The van der Waals surface area contributed by atoms with E-state index in [4.69, 9.17) is 14.2 Å². The van der Waals surface area contributed by atoms with Crippen molar-refractivity contribution >= 4 is 44.3 Å². The number of nitrogens with zero attached hydrogens (tertiary/aromatic N) is 4. The molecule has 2 fully saturated rings. The normalized spacial score (nSPS) is 16.8. The fourth-order valence-corrected chi connectivity index (χ4v) is 5.72. The van der Waals surface area contributed by atoms with Crippen molar-refractivity contribution in [3.05, 3.63) is 47.2 Å². The summed E-state index contributed by atoms with van der Waals surface area (Å²) in [6, 6.07) is 12.0. The number of hydrogen-bond donors (Lipinski definition) is 1. The zero-order valence-corrected chi connectivity index (χ0v) is 24.7. The topological polar surface area (TPSA) is 89.1 Å². The molecule has 0 unspecified atom stereocenters. The first-order chi connectivity index (χ1) is 19.6. The Labute approximate surface area is 244 Å². The first kappa shape index (κ1) is 28.6. The van der Waals surface area contributed by atoms with Gasteiger partial charge in [-0.3, -0.25) is 14.6 Å². The molecule has 10 heteroatoms. The zero-order valence-electron chi connectivity index (χ0n) is 23.1. The maximum Gasteiger partial charge on any atom is 0.320 e. The highest BCUT2D eigenvalue weighted by Crippen LogP contribution is 2.36. The molecule has 2 aromatic carbocycles. The molecule has 2 heterocycles. The van der Waals surface area contributed by atoms with Gasteiger partial charge in [-0.1, -0.05) is 34.8 Å². The van der Waals surface area contributed by atoms with E-state index in [2.05, 4.69) is 41.0 Å². The maximum absolute atomic E-state index is 11.8. The molecule has 1 N–H and O–H groups in total. The molecule has 0 amide bonds. The van der Waals surface area contributed by atoms with Gasteiger partial charge in [-0.2, -0.15) is 0 Å². The van der Waals surface area contributed by atoms with Gasteiger partial charge in [0, 0.05) is 54.3 Å². The van der Waals surface area contributed by atoms with Crippen LogP contribution < -0.4 is 14.8 Å². The van der Waals surface area contributed by atoms with Gasteiger partial charge < -0.3 is 19.5 Å². The van der Waals surface area contributed by atoms with Crippen LogP contribution in [0.2, 0.25) is 0 Å². The summed E-state index contributed by atoms with van der Waals surface area (Å²) in [4.78, 5) is 25.4. The molecule has 0 radical (unpaired) electrons. The highest BCUT2D eigenvalue weighted by Gasteiger charge is 2.21. The standard InChI is InChI=1S/C30H38BrN5O4/c1-2-38-29(37)19-36-12-10-35(11-13-36)14-15-39-28-18-26-25(17-27(28)40-20-22-6-3-4-7-22)30(33-21-32-26)34-24-9-5-8-23(31)16-24/h5,8-9,16-18,21-22H,2-4,6-7,10-15,19-20H2,1H3,(H,32,33,34). The molecule has 1 aromatic heterocycles. The smallest absolute Gasteiger partial charge is 0.320 e. The minimum Gasteiger partial charge on any atom is -0.489 e. The SMILES string of the molecule is CCOC(=O)CN1CCN(CCOc2cc3ncnc(Nc4cccc(Br)c4)c3cc2OCC2CCCC2)CC1. The molecule has 1 saturated heterocycles. The van der Waals surface area contributed by atoms with Gasteiger partial charge in [-0.25, -0.2) is 9.97 Å². The summed E-state index contributed by atoms with van der Waals surface area (Å²) in [5, 5.41) is 4.31. The second kappa shape index (κ2) is 14.1. The number of esters is 1. The largest absolute Gasteiger partial charge is 0.489 e. The summed E-state index contributed by atoms with van der Waals surface area (Å²) in [7, 11) is 0. The Hall–Kier alpha value is -2.95. The molecule has 2 aliphatic rings. The molecule has 5 rings (SSSR count). The van der Waals surface area contributed by atoms with Gasteiger partial charge in [0.05, 0.1) is 25.3 Å². The average molecular weight is 613 g/mol. The fourth-order valence-electron chi connectivity index (χ4n) is 5.32. The number of fused-ring (bicyclic) bond motifs is 1. The van der Waals surface area contributed by atoms with Crippen LogP contribution in [0.3, 0.4) is 0 Å². The Bertz CT molecular complexity index is 1280. The summed E-state index contributed by atoms with van der Waals surface area (Å²) >= 11 is 3.54. The molecule has 0 atom stereocenters. The third kappa shape index (κ3) is 7.83. The molecule has 9 nitrogen and oxygen atoms in total. The number of ether oxygens (including phenoxy) is 3. The molecule has 3 aromatic rings. The van der Waals surface area contributed by atoms with Crippen molar-refractivity contribution in [2.24, 2.45) is 5.92 Å². The molecule has 0 spiro atoms. The highest BCUT2D eigenvalue weighted by atomic mass is 79.9. The van der Waals surface area contributed by atoms with E-state index < -0.39 is 0 Å². The van der Waals surface area contributed by atoms with Crippen molar-refractivity contribution in [3.8, 4) is 11.5 Å². The molecule has 0 bridgehead atoms. The number of carbonyl (C=O) groups is 1. The van der Waals surface area contributed by atoms with E-state index in [1.165, 1.54) is 25.7 Å². The van der Waals surface area contributed by atoms with Crippen LogP contribution >= 0.6 is 15.9 Å². The molecule has 1 aliphatic heterocycles. The fraction of sp³-hybridized carbons (Fsp3) is 0.500. The lowest BCUT2D eigenvalue weighted by Gasteiger charge is -2.33.